The van der Waals surface area contributed by atoms with Crippen molar-refractivity contribution in [2.75, 3.05) is 31.1 Å². The number of carbonyl (C=O) groups is 1. The van der Waals surface area contributed by atoms with Crippen LogP contribution in [0.5, 0.6) is 0 Å². The molecule has 2 aromatic rings. The molecule has 1 fully saturated rings. The van der Waals surface area contributed by atoms with E-state index in [0.29, 0.717) is 19.6 Å². The first-order valence-electron chi connectivity index (χ1n) is 7.83. The Labute approximate surface area is 136 Å². The molecule has 0 atom stereocenters. The summed E-state index contributed by atoms with van der Waals surface area (Å²) in [4.78, 5) is 24.7. The maximum absolute atomic E-state index is 12.3. The first kappa shape index (κ1) is 15.3. The van der Waals surface area contributed by atoms with E-state index in [4.69, 9.17) is 0 Å². The molecule has 0 radical (unpaired) electrons. The molecule has 2 amide bonds. The fraction of sp³-hybridized carbons (Fsp3) is 0.353. The first-order valence-corrected chi connectivity index (χ1v) is 7.83. The molecule has 1 N–H and O–H groups in total. The van der Waals surface area contributed by atoms with Gasteiger partial charge in [0.05, 0.1) is 0 Å². The highest BCUT2D eigenvalue weighted by Crippen LogP contribution is 2.10. The van der Waals surface area contributed by atoms with Crippen LogP contribution in [0.2, 0.25) is 0 Å². The minimum absolute atomic E-state index is 0.0138. The highest BCUT2D eigenvalue weighted by Gasteiger charge is 2.22. The predicted molar refractivity (Wildman–Crippen MR) is 89.2 cm³/mol. The molecule has 2 heterocycles. The highest BCUT2D eigenvalue weighted by atomic mass is 16.2. The Hall–Kier alpha value is -2.63. The number of nitrogens with zero attached hydrogens (tertiary/aromatic N) is 4. The third kappa shape index (κ3) is 3.97. The number of aromatic nitrogens is 2. The number of hydrogen-bond donors (Lipinski definition) is 1. The van der Waals surface area contributed by atoms with E-state index in [1.807, 2.05) is 17.0 Å². The van der Waals surface area contributed by atoms with Gasteiger partial charge in [-0.3, -0.25) is 0 Å². The Morgan fingerprint density at radius 3 is 2.57 bits per heavy atom. The van der Waals surface area contributed by atoms with E-state index >= 15 is 0 Å². The van der Waals surface area contributed by atoms with Gasteiger partial charge in [0.1, 0.15) is 0 Å². The molecule has 23 heavy (non-hydrogen) atoms. The number of carbonyl (C=O) groups excluding carboxylic acids is 1. The molecule has 1 saturated heterocycles. The molecule has 0 saturated carbocycles. The van der Waals surface area contributed by atoms with E-state index in [1.165, 1.54) is 5.56 Å². The summed E-state index contributed by atoms with van der Waals surface area (Å²) < 4.78 is 0. The number of piperazine rings is 1. The fourth-order valence-corrected chi connectivity index (χ4v) is 2.68. The number of rotatable bonds is 3. The number of nitrogens with one attached hydrogen (secondary N) is 1. The van der Waals surface area contributed by atoms with Crippen LogP contribution >= 0.6 is 0 Å². The summed E-state index contributed by atoms with van der Waals surface area (Å²) in [5.74, 6) is 0.729. The number of hydrogen-bond acceptors (Lipinski definition) is 4. The topological polar surface area (TPSA) is 61.4 Å². The second-order valence-corrected chi connectivity index (χ2v) is 5.67. The standard InChI is InChI=1S/C17H21N5O/c1-14-4-2-5-15(12-14)13-20-17(23)22-10-8-21(9-11-22)16-18-6-3-7-19-16/h2-7,12H,8-11,13H2,1H3,(H,20,23). The maximum Gasteiger partial charge on any atom is 0.317 e. The van der Waals surface area contributed by atoms with Gasteiger partial charge in [-0.15, -0.1) is 0 Å². The van der Waals surface area contributed by atoms with Crippen molar-refractivity contribution in [3.05, 3.63) is 53.9 Å². The first-order chi connectivity index (χ1) is 11.2. The fourth-order valence-electron chi connectivity index (χ4n) is 2.68. The Morgan fingerprint density at radius 2 is 1.87 bits per heavy atom. The number of benzene rings is 1. The van der Waals surface area contributed by atoms with Gasteiger partial charge in [-0.1, -0.05) is 29.8 Å². The summed E-state index contributed by atoms with van der Waals surface area (Å²) in [6, 6.07) is 9.97. The van der Waals surface area contributed by atoms with E-state index in [1.54, 1.807) is 18.5 Å². The second-order valence-electron chi connectivity index (χ2n) is 5.67. The monoisotopic (exact) mass is 311 g/mol. The Morgan fingerprint density at radius 1 is 1.13 bits per heavy atom. The van der Waals surface area contributed by atoms with Gasteiger partial charge in [0.15, 0.2) is 0 Å². The Bertz CT molecular complexity index is 653. The Kier molecular flexibility index (Phi) is 4.71. The predicted octanol–water partition coefficient (Wildman–Crippen LogP) is 1.82. The lowest BCUT2D eigenvalue weighted by atomic mass is 10.1. The lowest BCUT2D eigenvalue weighted by molar-refractivity contribution is 0.193. The van der Waals surface area contributed by atoms with Crippen LogP contribution in [0.1, 0.15) is 11.1 Å². The van der Waals surface area contributed by atoms with Crippen LogP contribution in [-0.4, -0.2) is 47.1 Å². The molecule has 1 aliphatic rings. The van der Waals surface area contributed by atoms with Crippen molar-refractivity contribution in [2.24, 2.45) is 0 Å². The maximum atomic E-state index is 12.3. The lowest BCUT2D eigenvalue weighted by Gasteiger charge is -2.34. The molecule has 1 aromatic heterocycles. The van der Waals surface area contributed by atoms with Gasteiger partial charge in [-0.25, -0.2) is 14.8 Å². The SMILES string of the molecule is Cc1cccc(CNC(=O)N2CCN(c3ncccn3)CC2)c1. The smallest absolute Gasteiger partial charge is 0.317 e. The van der Waals surface area contributed by atoms with Gasteiger partial charge in [0.25, 0.3) is 0 Å². The normalized spacial score (nSPS) is 14.7. The van der Waals surface area contributed by atoms with Crippen LogP contribution in [0, 0.1) is 6.92 Å². The average Bonchev–Trinajstić information content (AvgIpc) is 2.61. The summed E-state index contributed by atoms with van der Waals surface area (Å²) in [6.45, 7) is 5.47. The van der Waals surface area contributed by atoms with Crippen molar-refractivity contribution >= 4 is 12.0 Å². The molecule has 1 aromatic carbocycles. The summed E-state index contributed by atoms with van der Waals surface area (Å²) in [6.07, 6.45) is 3.48. The van der Waals surface area contributed by atoms with Gasteiger partial charge >= 0.3 is 6.03 Å². The zero-order valence-corrected chi connectivity index (χ0v) is 13.3. The average molecular weight is 311 g/mol. The van der Waals surface area contributed by atoms with Crippen molar-refractivity contribution in [1.29, 1.82) is 0 Å². The third-order valence-electron chi connectivity index (χ3n) is 3.93. The minimum atomic E-state index is -0.0138. The van der Waals surface area contributed by atoms with Crippen LogP contribution in [-0.2, 0) is 6.54 Å². The van der Waals surface area contributed by atoms with Gasteiger partial charge in [0.2, 0.25) is 5.95 Å². The van der Waals surface area contributed by atoms with E-state index in [0.717, 1.165) is 24.6 Å². The van der Waals surface area contributed by atoms with Crippen LogP contribution in [0.25, 0.3) is 0 Å². The minimum Gasteiger partial charge on any atom is -0.337 e. The second kappa shape index (κ2) is 7.09. The Balaban J connectivity index is 1.48. The molecule has 3 rings (SSSR count). The van der Waals surface area contributed by atoms with Gasteiger partial charge in [0, 0.05) is 45.1 Å². The molecule has 1 aliphatic heterocycles. The zero-order chi connectivity index (χ0) is 16.1. The summed E-state index contributed by atoms with van der Waals surface area (Å²) in [5.41, 5.74) is 2.32. The largest absolute Gasteiger partial charge is 0.337 e. The van der Waals surface area contributed by atoms with Crippen molar-refractivity contribution in [2.45, 2.75) is 13.5 Å². The third-order valence-corrected chi connectivity index (χ3v) is 3.93. The summed E-state index contributed by atoms with van der Waals surface area (Å²) in [5, 5.41) is 2.99. The highest BCUT2D eigenvalue weighted by molar-refractivity contribution is 5.74. The lowest BCUT2D eigenvalue weighted by Crippen LogP contribution is -2.52. The van der Waals surface area contributed by atoms with E-state index in [9.17, 15) is 4.79 Å². The van der Waals surface area contributed by atoms with E-state index in [2.05, 4.69) is 39.2 Å². The van der Waals surface area contributed by atoms with Crippen LogP contribution in [0.3, 0.4) is 0 Å². The van der Waals surface area contributed by atoms with Crippen LogP contribution in [0.4, 0.5) is 10.7 Å². The van der Waals surface area contributed by atoms with Gasteiger partial charge < -0.3 is 15.1 Å². The quantitative estimate of drug-likeness (QED) is 0.939. The van der Waals surface area contributed by atoms with Crippen molar-refractivity contribution in [3.63, 3.8) is 0 Å². The summed E-state index contributed by atoms with van der Waals surface area (Å²) >= 11 is 0. The van der Waals surface area contributed by atoms with Crippen LogP contribution in [0.15, 0.2) is 42.7 Å². The number of amides is 2. The molecular weight excluding hydrogens is 290 g/mol. The molecule has 0 aliphatic carbocycles. The number of anilines is 1. The molecule has 6 heteroatoms. The van der Waals surface area contributed by atoms with Gasteiger partial charge in [-0.2, -0.15) is 0 Å². The van der Waals surface area contributed by atoms with Crippen molar-refractivity contribution in [3.8, 4) is 0 Å². The van der Waals surface area contributed by atoms with E-state index < -0.39 is 0 Å². The van der Waals surface area contributed by atoms with Crippen LogP contribution < -0.4 is 10.2 Å². The van der Waals surface area contributed by atoms with Crippen molar-refractivity contribution < 1.29 is 4.79 Å². The molecule has 6 nitrogen and oxygen atoms in total. The van der Waals surface area contributed by atoms with E-state index in [-0.39, 0.29) is 6.03 Å². The number of aryl methyl sites for hydroxylation is 1. The molecule has 0 bridgehead atoms. The van der Waals surface area contributed by atoms with Crippen molar-refractivity contribution in [1.82, 2.24) is 20.2 Å². The van der Waals surface area contributed by atoms with Gasteiger partial charge in [-0.05, 0) is 18.6 Å². The molecule has 0 spiro atoms. The molecule has 120 valence electrons. The zero-order valence-electron chi connectivity index (χ0n) is 13.3. The molecule has 0 unspecified atom stereocenters. The molecular formula is C17H21N5O. The summed E-state index contributed by atoms with van der Waals surface area (Å²) in [7, 11) is 0. The number of urea groups is 1.